The maximum absolute atomic E-state index is 12.6. The van der Waals surface area contributed by atoms with Crippen molar-refractivity contribution in [3.8, 4) is 0 Å². The zero-order valence-corrected chi connectivity index (χ0v) is 16.7. The van der Waals surface area contributed by atoms with E-state index in [9.17, 15) is 19.7 Å². The number of nitrogens with one attached hydrogen (secondary N) is 2. The minimum absolute atomic E-state index is 0.0878. The number of nitro benzene ring substituents is 1. The van der Waals surface area contributed by atoms with E-state index in [0.717, 1.165) is 30.0 Å². The normalized spacial score (nSPS) is 15.8. The first-order valence-corrected chi connectivity index (χ1v) is 9.76. The van der Waals surface area contributed by atoms with Gasteiger partial charge in [0.05, 0.1) is 35.1 Å². The van der Waals surface area contributed by atoms with Crippen LogP contribution in [0.4, 0.5) is 10.7 Å². The van der Waals surface area contributed by atoms with Gasteiger partial charge in [0.1, 0.15) is 11.5 Å². The van der Waals surface area contributed by atoms with Crippen LogP contribution in [0.1, 0.15) is 45.0 Å². The fraction of sp³-hybridized carbons (Fsp3) is 0.368. The molecule has 0 saturated heterocycles. The summed E-state index contributed by atoms with van der Waals surface area (Å²) in [6.07, 6.45) is 0.747. The van der Waals surface area contributed by atoms with Gasteiger partial charge in [-0.3, -0.25) is 14.9 Å². The predicted octanol–water partition coefficient (Wildman–Crippen LogP) is 2.04. The fourth-order valence-electron chi connectivity index (χ4n) is 3.31. The predicted molar refractivity (Wildman–Crippen MR) is 105 cm³/mol. The van der Waals surface area contributed by atoms with Gasteiger partial charge >= 0.3 is 5.97 Å². The number of anilines is 1. The number of nitro groups is 1. The number of carbonyl (C=O) groups is 2. The van der Waals surface area contributed by atoms with E-state index in [1.807, 2.05) is 0 Å². The molecule has 28 heavy (non-hydrogen) atoms. The zero-order chi connectivity index (χ0) is 20.4. The molecule has 1 unspecified atom stereocenters. The third kappa shape index (κ3) is 3.90. The van der Waals surface area contributed by atoms with Gasteiger partial charge in [-0.05, 0) is 31.5 Å². The minimum Gasteiger partial charge on any atom is -0.465 e. The lowest BCUT2D eigenvalue weighted by Crippen LogP contribution is -3.14. The minimum atomic E-state index is -0.521. The number of benzene rings is 1. The number of thiophene rings is 1. The largest absolute Gasteiger partial charge is 0.465 e. The molecule has 9 heteroatoms. The molecule has 1 aromatic carbocycles. The van der Waals surface area contributed by atoms with Crippen molar-refractivity contribution in [2.24, 2.45) is 0 Å². The van der Waals surface area contributed by atoms with Crippen molar-refractivity contribution in [1.82, 2.24) is 0 Å². The number of ether oxygens (including phenoxy) is 1. The van der Waals surface area contributed by atoms with Crippen LogP contribution in [0.15, 0.2) is 24.3 Å². The number of esters is 1. The van der Waals surface area contributed by atoms with E-state index in [2.05, 4.69) is 19.2 Å². The SMILES string of the molecule is COC(=O)c1c(NC(=O)c2ccc([N+](=O)[O-])cc2)sc2c1CC[NH+](C(C)C)C2. The Bertz CT molecular complexity index is 920. The van der Waals surface area contributed by atoms with E-state index in [1.165, 1.54) is 47.6 Å². The lowest BCUT2D eigenvalue weighted by molar-refractivity contribution is -0.936. The summed E-state index contributed by atoms with van der Waals surface area (Å²) in [6, 6.07) is 5.81. The second kappa shape index (κ2) is 8.07. The zero-order valence-electron chi connectivity index (χ0n) is 15.9. The summed E-state index contributed by atoms with van der Waals surface area (Å²) in [5.41, 5.74) is 1.55. The molecule has 8 nitrogen and oxygen atoms in total. The Morgan fingerprint density at radius 1 is 1.29 bits per heavy atom. The Balaban J connectivity index is 1.89. The number of methoxy groups -OCH3 is 1. The molecule has 0 spiro atoms. The van der Waals surface area contributed by atoms with Crippen LogP contribution in [0.3, 0.4) is 0 Å². The fourth-order valence-corrected chi connectivity index (χ4v) is 4.59. The Labute approximate surface area is 166 Å². The molecule has 1 aliphatic heterocycles. The highest BCUT2D eigenvalue weighted by Gasteiger charge is 2.32. The molecule has 0 aliphatic carbocycles. The maximum Gasteiger partial charge on any atom is 0.341 e. The lowest BCUT2D eigenvalue weighted by Gasteiger charge is -2.27. The summed E-state index contributed by atoms with van der Waals surface area (Å²) in [5, 5.41) is 14.0. The third-order valence-corrected chi connectivity index (χ3v) is 6.10. The first-order chi connectivity index (χ1) is 13.3. The number of hydrogen-bond donors (Lipinski definition) is 2. The van der Waals surface area contributed by atoms with E-state index >= 15 is 0 Å². The smallest absolute Gasteiger partial charge is 0.341 e. The van der Waals surface area contributed by atoms with Gasteiger partial charge in [0.2, 0.25) is 0 Å². The number of fused-ring (bicyclic) bond motifs is 1. The van der Waals surface area contributed by atoms with Gasteiger partial charge in [0.15, 0.2) is 0 Å². The molecule has 1 amide bonds. The number of carbonyl (C=O) groups excluding carboxylic acids is 2. The first-order valence-electron chi connectivity index (χ1n) is 8.95. The molecule has 1 aliphatic rings. The third-order valence-electron chi connectivity index (χ3n) is 4.95. The van der Waals surface area contributed by atoms with Crippen LogP contribution in [0.2, 0.25) is 0 Å². The van der Waals surface area contributed by atoms with Crippen LogP contribution in [-0.4, -0.2) is 36.5 Å². The van der Waals surface area contributed by atoms with E-state index in [-0.39, 0.29) is 11.3 Å². The van der Waals surface area contributed by atoms with E-state index in [1.54, 1.807) is 0 Å². The van der Waals surface area contributed by atoms with Gasteiger partial charge in [0, 0.05) is 24.1 Å². The Morgan fingerprint density at radius 2 is 1.96 bits per heavy atom. The number of rotatable bonds is 5. The van der Waals surface area contributed by atoms with Crippen LogP contribution >= 0.6 is 11.3 Å². The quantitative estimate of drug-likeness (QED) is 0.451. The monoisotopic (exact) mass is 404 g/mol. The maximum atomic E-state index is 12.6. The molecule has 0 fully saturated rings. The molecule has 0 saturated carbocycles. The summed E-state index contributed by atoms with van der Waals surface area (Å²) in [6.45, 7) is 6.04. The molecular formula is C19H22N3O5S+. The van der Waals surface area contributed by atoms with Gasteiger partial charge in [-0.1, -0.05) is 0 Å². The molecule has 148 valence electrons. The second-order valence-electron chi connectivity index (χ2n) is 6.95. The van der Waals surface area contributed by atoms with Crippen molar-refractivity contribution >= 4 is 33.9 Å². The summed E-state index contributed by atoms with van der Waals surface area (Å²) in [7, 11) is 1.32. The lowest BCUT2D eigenvalue weighted by atomic mass is 10.0. The first kappa shape index (κ1) is 20.0. The topological polar surface area (TPSA) is 103 Å². The van der Waals surface area contributed by atoms with Gasteiger partial charge in [-0.15, -0.1) is 11.3 Å². The standard InChI is InChI=1S/C19H21N3O5S/c1-11(2)21-9-8-14-15(10-21)28-18(16(14)19(24)27-3)20-17(23)12-4-6-13(7-5-12)22(25)26/h4-7,11H,8-10H2,1-3H3,(H,20,23)/p+1. The summed E-state index contributed by atoms with van der Waals surface area (Å²) < 4.78 is 4.94. The molecule has 2 heterocycles. The van der Waals surface area contributed by atoms with Crippen molar-refractivity contribution in [2.45, 2.75) is 32.9 Å². The van der Waals surface area contributed by atoms with Crippen LogP contribution in [0.5, 0.6) is 0 Å². The Morgan fingerprint density at radius 3 is 2.54 bits per heavy atom. The number of nitrogens with zero attached hydrogens (tertiary/aromatic N) is 1. The van der Waals surface area contributed by atoms with E-state index in [0.29, 0.717) is 16.6 Å². The van der Waals surface area contributed by atoms with Crippen molar-refractivity contribution in [2.75, 3.05) is 19.0 Å². The van der Waals surface area contributed by atoms with Gasteiger partial charge in [-0.2, -0.15) is 0 Å². The summed E-state index contributed by atoms with van der Waals surface area (Å²) in [5.74, 6) is -0.892. The summed E-state index contributed by atoms with van der Waals surface area (Å²) in [4.78, 5) is 37.7. The van der Waals surface area contributed by atoms with Crippen LogP contribution < -0.4 is 10.2 Å². The average molecular weight is 404 g/mol. The number of quaternary nitrogens is 1. The highest BCUT2D eigenvalue weighted by molar-refractivity contribution is 7.17. The van der Waals surface area contributed by atoms with Gasteiger partial charge in [0.25, 0.3) is 11.6 Å². The number of hydrogen-bond acceptors (Lipinski definition) is 6. The molecular weight excluding hydrogens is 382 g/mol. The second-order valence-corrected chi connectivity index (χ2v) is 8.05. The highest BCUT2D eigenvalue weighted by Crippen LogP contribution is 2.35. The molecule has 0 radical (unpaired) electrons. The molecule has 1 atom stereocenters. The van der Waals surface area contributed by atoms with Crippen LogP contribution in [0, 0.1) is 10.1 Å². The van der Waals surface area contributed by atoms with Crippen molar-refractivity contribution in [3.05, 3.63) is 55.9 Å². The van der Waals surface area contributed by atoms with Crippen LogP contribution in [0.25, 0.3) is 0 Å². The Hall–Kier alpha value is -2.78. The van der Waals surface area contributed by atoms with Gasteiger partial charge in [-0.25, -0.2) is 4.79 Å². The summed E-state index contributed by atoms with van der Waals surface area (Å²) >= 11 is 1.40. The van der Waals surface area contributed by atoms with Gasteiger partial charge < -0.3 is 15.0 Å². The number of amides is 1. The molecule has 2 N–H and O–H groups in total. The van der Waals surface area contributed by atoms with Crippen molar-refractivity contribution in [3.63, 3.8) is 0 Å². The Kier molecular flexibility index (Phi) is 5.76. The molecule has 1 aromatic heterocycles. The average Bonchev–Trinajstić information content (AvgIpc) is 3.04. The molecule has 2 aromatic rings. The number of non-ortho nitro benzene ring substituents is 1. The molecule has 3 rings (SSSR count). The van der Waals surface area contributed by atoms with Crippen molar-refractivity contribution < 1.29 is 24.1 Å². The van der Waals surface area contributed by atoms with Crippen molar-refractivity contribution in [1.29, 1.82) is 0 Å². The highest BCUT2D eigenvalue weighted by atomic mass is 32.1. The van der Waals surface area contributed by atoms with E-state index < -0.39 is 16.8 Å². The van der Waals surface area contributed by atoms with Crippen LogP contribution in [-0.2, 0) is 17.7 Å². The van der Waals surface area contributed by atoms with E-state index in [4.69, 9.17) is 4.74 Å². The molecule has 0 bridgehead atoms.